The Morgan fingerprint density at radius 1 is 1.65 bits per heavy atom. The molecule has 1 aromatic heterocycles. The molecule has 8 heteroatoms. The minimum Gasteiger partial charge on any atom is -0.396 e. The van der Waals surface area contributed by atoms with Crippen LogP contribution in [-0.4, -0.2) is 25.9 Å². The van der Waals surface area contributed by atoms with E-state index in [-0.39, 0.29) is 21.1 Å². The molecular weight excluding hydrogens is 250 g/mol. The first-order valence-corrected chi connectivity index (χ1v) is 5.39. The number of amides is 1. The topological polar surface area (TPSA) is 90.9 Å². The van der Waals surface area contributed by atoms with Crippen LogP contribution in [0.5, 0.6) is 0 Å². The van der Waals surface area contributed by atoms with Gasteiger partial charge in [-0.3, -0.25) is 4.79 Å². The van der Waals surface area contributed by atoms with Gasteiger partial charge in [0.15, 0.2) is 0 Å². The van der Waals surface area contributed by atoms with Gasteiger partial charge in [0.25, 0.3) is 12.3 Å². The number of thiophene rings is 1. The summed E-state index contributed by atoms with van der Waals surface area (Å²) in [6, 6.07) is 1.78. The molecule has 1 rings (SSSR count). The highest BCUT2D eigenvalue weighted by atomic mass is 32.1. The highest BCUT2D eigenvalue weighted by molar-refractivity contribution is 7.18. The van der Waals surface area contributed by atoms with E-state index in [1.54, 1.807) is 6.07 Å². The van der Waals surface area contributed by atoms with Gasteiger partial charge in [-0.2, -0.15) is 5.26 Å². The van der Waals surface area contributed by atoms with E-state index in [1.807, 2.05) is 0 Å². The van der Waals surface area contributed by atoms with Gasteiger partial charge in [0.2, 0.25) is 0 Å². The predicted molar refractivity (Wildman–Crippen MR) is 61.3 cm³/mol. The number of rotatable bonds is 4. The zero-order valence-electron chi connectivity index (χ0n) is 8.88. The van der Waals surface area contributed by atoms with Gasteiger partial charge in [0.05, 0.1) is 12.2 Å². The molecule has 0 bridgehead atoms. The number of carbonyl (C=O) groups is 1. The number of nitrogens with zero attached hydrogens (tertiary/aromatic N) is 1. The van der Waals surface area contributed by atoms with Crippen LogP contribution >= 0.6 is 11.3 Å². The third kappa shape index (κ3) is 2.82. The lowest BCUT2D eigenvalue weighted by Crippen LogP contribution is -2.17. The molecular formula is C9H10F2N4OS. The van der Waals surface area contributed by atoms with Gasteiger partial charge in [-0.15, -0.1) is 11.3 Å². The molecule has 0 aliphatic carbocycles. The first-order valence-electron chi connectivity index (χ1n) is 4.57. The summed E-state index contributed by atoms with van der Waals surface area (Å²) < 4.78 is 24.1. The average molecular weight is 260 g/mol. The number of carbonyl (C=O) groups excluding carboxylic acids is 1. The molecule has 0 aliphatic heterocycles. The van der Waals surface area contributed by atoms with Gasteiger partial charge >= 0.3 is 0 Å². The van der Waals surface area contributed by atoms with Crippen LogP contribution in [0.25, 0.3) is 0 Å². The van der Waals surface area contributed by atoms with E-state index in [9.17, 15) is 13.6 Å². The summed E-state index contributed by atoms with van der Waals surface area (Å²) in [6.45, 7) is -0.595. The van der Waals surface area contributed by atoms with Crippen LogP contribution in [0, 0.1) is 11.3 Å². The molecule has 0 atom stereocenters. The number of nitrogen functional groups attached to an aromatic ring is 1. The molecule has 4 N–H and O–H groups in total. The maximum atomic E-state index is 12.0. The normalized spacial score (nSPS) is 10.1. The summed E-state index contributed by atoms with van der Waals surface area (Å²) in [5.41, 5.74) is 5.63. The van der Waals surface area contributed by atoms with Gasteiger partial charge in [-0.25, -0.2) is 8.78 Å². The van der Waals surface area contributed by atoms with Crippen molar-refractivity contribution in [2.45, 2.75) is 6.43 Å². The lowest BCUT2D eigenvalue weighted by molar-refractivity contribution is 0.0968. The van der Waals surface area contributed by atoms with Crippen molar-refractivity contribution in [3.63, 3.8) is 0 Å². The maximum absolute atomic E-state index is 12.0. The smallest absolute Gasteiger partial charge is 0.263 e. The summed E-state index contributed by atoms with van der Waals surface area (Å²) in [4.78, 5) is 11.5. The Hall–Kier alpha value is -1.88. The predicted octanol–water partition coefficient (Wildman–Crippen LogP) is 1.24. The van der Waals surface area contributed by atoms with Crippen molar-refractivity contribution in [3.05, 3.63) is 10.4 Å². The summed E-state index contributed by atoms with van der Waals surface area (Å²) in [5, 5.41) is 13.8. The fourth-order valence-electron chi connectivity index (χ4n) is 1.13. The monoisotopic (exact) mass is 260 g/mol. The first kappa shape index (κ1) is 13.2. The van der Waals surface area contributed by atoms with Crippen LogP contribution in [-0.2, 0) is 0 Å². The summed E-state index contributed by atoms with van der Waals surface area (Å²) in [5.74, 6) is -0.450. The molecule has 1 aromatic rings. The lowest BCUT2D eigenvalue weighted by atomic mass is 10.2. The van der Waals surface area contributed by atoms with Crippen molar-refractivity contribution in [2.75, 3.05) is 24.6 Å². The average Bonchev–Trinajstić information content (AvgIpc) is 2.62. The fourth-order valence-corrected chi connectivity index (χ4v) is 2.16. The molecule has 0 saturated carbocycles. The Morgan fingerprint density at radius 2 is 2.29 bits per heavy atom. The van der Waals surface area contributed by atoms with Gasteiger partial charge < -0.3 is 16.4 Å². The summed E-state index contributed by atoms with van der Waals surface area (Å²) in [7, 11) is 1.42. The van der Waals surface area contributed by atoms with E-state index in [2.05, 4.69) is 10.6 Å². The van der Waals surface area contributed by atoms with Crippen molar-refractivity contribution in [2.24, 2.45) is 0 Å². The molecule has 0 spiro atoms. The van der Waals surface area contributed by atoms with Crippen LogP contribution < -0.4 is 16.4 Å². The highest BCUT2D eigenvalue weighted by Gasteiger charge is 2.20. The zero-order chi connectivity index (χ0) is 13.0. The van der Waals surface area contributed by atoms with Crippen molar-refractivity contribution in [3.8, 4) is 6.07 Å². The van der Waals surface area contributed by atoms with Crippen molar-refractivity contribution in [1.82, 2.24) is 5.32 Å². The summed E-state index contributed by atoms with van der Waals surface area (Å²) in [6.07, 6.45) is -2.55. The number of nitrogens with two attached hydrogens (primary N) is 1. The number of nitriles is 1. The Labute approximate surface area is 100 Å². The molecule has 0 aliphatic rings. The Bertz CT molecular complexity index is 466. The number of alkyl halides is 2. The Balaban J connectivity index is 3.06. The van der Waals surface area contributed by atoms with Gasteiger partial charge in [-0.1, -0.05) is 0 Å². The number of halogens is 2. The van der Waals surface area contributed by atoms with Gasteiger partial charge in [-0.05, 0) is 0 Å². The molecule has 0 radical (unpaired) electrons. The van der Waals surface area contributed by atoms with Crippen molar-refractivity contribution < 1.29 is 13.6 Å². The highest BCUT2D eigenvalue weighted by Crippen LogP contribution is 2.35. The molecule has 92 valence electrons. The Morgan fingerprint density at radius 3 is 2.76 bits per heavy atom. The first-order chi connectivity index (χ1) is 8.01. The van der Waals surface area contributed by atoms with E-state index in [4.69, 9.17) is 11.0 Å². The molecule has 0 unspecified atom stereocenters. The minimum absolute atomic E-state index is 0.00798. The molecule has 0 saturated heterocycles. The number of hydrogen-bond donors (Lipinski definition) is 3. The van der Waals surface area contributed by atoms with Crippen LogP contribution in [0.3, 0.4) is 0 Å². The molecule has 1 heterocycles. The largest absolute Gasteiger partial charge is 0.396 e. The van der Waals surface area contributed by atoms with Crippen molar-refractivity contribution in [1.29, 1.82) is 5.26 Å². The fraction of sp³-hybridized carbons (Fsp3) is 0.333. The van der Waals surface area contributed by atoms with E-state index in [0.717, 1.165) is 11.3 Å². The SMILES string of the molecule is CNC(=O)c1sc(NCC(F)F)c(C#N)c1N. The maximum Gasteiger partial charge on any atom is 0.263 e. The molecule has 0 fully saturated rings. The summed E-state index contributed by atoms with van der Waals surface area (Å²) >= 11 is 0.881. The Kier molecular flexibility index (Phi) is 4.23. The van der Waals surface area contributed by atoms with Crippen LogP contribution in [0.2, 0.25) is 0 Å². The number of nitrogens with one attached hydrogen (secondary N) is 2. The third-order valence-corrected chi connectivity index (χ3v) is 3.07. The van der Waals surface area contributed by atoms with E-state index in [1.165, 1.54) is 7.05 Å². The minimum atomic E-state index is -2.55. The van der Waals surface area contributed by atoms with E-state index < -0.39 is 18.9 Å². The second-order valence-electron chi connectivity index (χ2n) is 3.01. The second kappa shape index (κ2) is 5.45. The molecule has 17 heavy (non-hydrogen) atoms. The second-order valence-corrected chi connectivity index (χ2v) is 4.03. The van der Waals surface area contributed by atoms with Gasteiger partial charge in [0.1, 0.15) is 21.5 Å². The zero-order valence-corrected chi connectivity index (χ0v) is 9.70. The van der Waals surface area contributed by atoms with Crippen LogP contribution in [0.15, 0.2) is 0 Å². The quantitative estimate of drug-likeness (QED) is 0.759. The van der Waals surface area contributed by atoms with Crippen molar-refractivity contribution >= 4 is 27.9 Å². The lowest BCUT2D eigenvalue weighted by Gasteiger charge is -2.01. The molecule has 0 aromatic carbocycles. The molecule has 5 nitrogen and oxygen atoms in total. The number of anilines is 2. The third-order valence-electron chi connectivity index (χ3n) is 1.91. The van der Waals surface area contributed by atoms with E-state index in [0.29, 0.717) is 0 Å². The number of hydrogen-bond acceptors (Lipinski definition) is 5. The molecule has 1 amide bonds. The van der Waals surface area contributed by atoms with Gasteiger partial charge in [0, 0.05) is 7.05 Å². The standard InChI is InChI=1S/C9H10F2N4OS/c1-14-8(16)7-6(13)4(2-12)9(17-7)15-3-5(10)11/h5,15H,3,13H2,1H3,(H,14,16). The van der Waals surface area contributed by atoms with E-state index >= 15 is 0 Å². The van der Waals surface area contributed by atoms with Crippen LogP contribution in [0.1, 0.15) is 15.2 Å². The van der Waals surface area contributed by atoms with Crippen LogP contribution in [0.4, 0.5) is 19.5 Å².